The van der Waals surface area contributed by atoms with Crippen molar-refractivity contribution in [3.8, 4) is 11.5 Å². The molecular weight excluding hydrogens is 652 g/mol. The first kappa shape index (κ1) is 33.6. The highest BCUT2D eigenvalue weighted by Gasteiger charge is 2.35. The van der Waals surface area contributed by atoms with Crippen LogP contribution >= 0.6 is 11.8 Å². The van der Waals surface area contributed by atoms with E-state index in [1.165, 1.54) is 11.8 Å². The summed E-state index contributed by atoms with van der Waals surface area (Å²) in [5.74, 6) is -0.353. The molecule has 50 heavy (non-hydrogen) atoms. The highest BCUT2D eigenvalue weighted by atomic mass is 32.2. The highest BCUT2D eigenvalue weighted by Crippen LogP contribution is 2.40. The van der Waals surface area contributed by atoms with Crippen molar-refractivity contribution in [1.82, 2.24) is 39.7 Å². The Morgan fingerprint density at radius 2 is 1.94 bits per heavy atom. The van der Waals surface area contributed by atoms with Crippen molar-refractivity contribution in [2.45, 2.75) is 87.0 Å². The molecule has 2 N–H and O–H groups in total. The first-order valence-electron chi connectivity index (χ1n) is 17.0. The van der Waals surface area contributed by atoms with Gasteiger partial charge in [0.2, 0.25) is 0 Å². The number of halogens is 1. The molecule has 5 heterocycles. The van der Waals surface area contributed by atoms with E-state index in [-0.39, 0.29) is 11.2 Å². The number of hydrogen-bond acceptors (Lipinski definition) is 7. The number of carboxylic acid groups (broad SMARTS) is 1. The molecule has 12 heteroatoms. The minimum Gasteiger partial charge on any atom is -0.481 e. The first-order chi connectivity index (χ1) is 23.9. The number of aromatic amines is 1. The number of aryl methyl sites for hydroxylation is 1. The predicted molar refractivity (Wildman–Crippen MR) is 191 cm³/mol. The van der Waals surface area contributed by atoms with Gasteiger partial charge in [0, 0.05) is 46.9 Å². The molecular formula is C38H41FN8O2S. The fourth-order valence-corrected chi connectivity index (χ4v) is 7.93. The van der Waals surface area contributed by atoms with Crippen molar-refractivity contribution in [2.75, 3.05) is 0 Å². The summed E-state index contributed by atoms with van der Waals surface area (Å²) in [6.45, 7) is 8.65. The molecule has 6 aromatic rings. The maximum Gasteiger partial charge on any atom is 0.306 e. The first-order valence-corrected chi connectivity index (χ1v) is 17.8. The average molecular weight is 693 g/mol. The lowest BCUT2D eigenvalue weighted by Crippen LogP contribution is -2.26. The zero-order chi connectivity index (χ0) is 35.2. The fourth-order valence-electron chi connectivity index (χ4n) is 6.94. The summed E-state index contributed by atoms with van der Waals surface area (Å²) in [5.41, 5.74) is 4.28. The van der Waals surface area contributed by atoms with Gasteiger partial charge in [0.15, 0.2) is 11.6 Å². The molecule has 0 spiro atoms. The normalized spacial score (nSPS) is 18.5. The van der Waals surface area contributed by atoms with Crippen molar-refractivity contribution in [3.05, 3.63) is 101 Å². The molecule has 0 fully saturated rings. The molecule has 0 unspecified atom stereocenters. The Morgan fingerprint density at radius 1 is 1.12 bits per heavy atom. The summed E-state index contributed by atoms with van der Waals surface area (Å²) in [6.07, 6.45) is 9.48. The zero-order valence-electron chi connectivity index (χ0n) is 28.9. The minimum atomic E-state index is -0.816. The van der Waals surface area contributed by atoms with E-state index in [0.29, 0.717) is 35.2 Å². The minimum absolute atomic E-state index is 0.241. The number of nitrogens with one attached hydrogen (secondary N) is 1. The molecule has 0 aliphatic carbocycles. The molecule has 10 nitrogen and oxygen atoms in total. The Balaban J connectivity index is 1.34. The molecule has 4 aromatic heterocycles. The molecule has 0 saturated carbocycles. The number of fused-ring (bicyclic) bond motifs is 10. The lowest BCUT2D eigenvalue weighted by molar-refractivity contribution is -0.141. The van der Waals surface area contributed by atoms with E-state index in [4.69, 9.17) is 10.1 Å². The van der Waals surface area contributed by atoms with E-state index in [1.807, 2.05) is 54.5 Å². The predicted octanol–water partition coefficient (Wildman–Crippen LogP) is 7.71. The summed E-state index contributed by atoms with van der Waals surface area (Å²) in [4.78, 5) is 26.0. The van der Waals surface area contributed by atoms with Crippen LogP contribution in [0.5, 0.6) is 0 Å². The largest absolute Gasteiger partial charge is 0.481 e. The van der Waals surface area contributed by atoms with Gasteiger partial charge < -0.3 is 10.1 Å². The van der Waals surface area contributed by atoms with Crippen LogP contribution in [-0.2, 0) is 35.6 Å². The van der Waals surface area contributed by atoms with Crippen LogP contribution in [0.25, 0.3) is 22.4 Å². The maximum atomic E-state index is 15.9. The Bertz CT molecular complexity index is 2200. The van der Waals surface area contributed by atoms with Crippen molar-refractivity contribution in [2.24, 2.45) is 13.0 Å². The Labute approximate surface area is 294 Å². The topological polar surface area (TPSA) is 127 Å². The summed E-state index contributed by atoms with van der Waals surface area (Å²) in [5, 5.41) is 24.6. The van der Waals surface area contributed by atoms with Crippen LogP contribution in [-0.4, -0.2) is 50.8 Å². The second-order valence-electron chi connectivity index (χ2n) is 14.3. The summed E-state index contributed by atoms with van der Waals surface area (Å²) in [6, 6.07) is 15.5. The number of aliphatic carboxylic acids is 1. The third kappa shape index (κ3) is 6.44. The number of carboxylic acids is 1. The summed E-state index contributed by atoms with van der Waals surface area (Å²) >= 11 is 1.35. The molecule has 0 radical (unpaired) electrons. The second kappa shape index (κ2) is 13.1. The van der Waals surface area contributed by atoms with E-state index in [1.54, 1.807) is 23.9 Å². The van der Waals surface area contributed by atoms with Gasteiger partial charge in [-0.2, -0.15) is 5.10 Å². The van der Waals surface area contributed by atoms with Gasteiger partial charge in [-0.25, -0.2) is 18.7 Å². The lowest BCUT2D eigenvalue weighted by Gasteiger charge is -2.29. The van der Waals surface area contributed by atoms with Crippen molar-refractivity contribution in [3.63, 3.8) is 0 Å². The van der Waals surface area contributed by atoms with Gasteiger partial charge in [-0.05, 0) is 67.1 Å². The maximum absolute atomic E-state index is 15.9. The van der Waals surface area contributed by atoms with Gasteiger partial charge in [0.25, 0.3) is 0 Å². The number of benzene rings is 2. The van der Waals surface area contributed by atoms with Gasteiger partial charge in [0.05, 0.1) is 28.5 Å². The Hall–Kier alpha value is -4.84. The van der Waals surface area contributed by atoms with Crippen LogP contribution in [0.15, 0.2) is 76.9 Å². The number of H-pyrrole nitrogens is 1. The van der Waals surface area contributed by atoms with Gasteiger partial charge in [-0.1, -0.05) is 74.9 Å². The van der Waals surface area contributed by atoms with Gasteiger partial charge >= 0.3 is 5.97 Å². The van der Waals surface area contributed by atoms with Crippen molar-refractivity contribution >= 4 is 28.6 Å². The van der Waals surface area contributed by atoms with Crippen molar-refractivity contribution < 1.29 is 14.3 Å². The summed E-state index contributed by atoms with van der Waals surface area (Å²) in [7, 11) is 1.87. The molecule has 0 saturated heterocycles. The molecule has 258 valence electrons. The highest BCUT2D eigenvalue weighted by molar-refractivity contribution is 7.99. The van der Waals surface area contributed by atoms with E-state index in [2.05, 4.69) is 53.2 Å². The SMILES string of the molecule is C[C@@H](Cc1cccc([C@@]2(C)CCCCC(C)(C)c3cn(nn3)Cc3c(c(F)cc4[nH]ccc34)Sc3ccnc(c3)-c3nc2nn3C)c1)C(=O)O. The number of carbonyl (C=O) groups is 1. The third-order valence-corrected chi connectivity index (χ3v) is 11.2. The number of hydrogen-bond donors (Lipinski definition) is 2. The standard InChI is InChI=1S/C38H41FN8O2S/c1-23(35(48)49)17-24-9-8-10-25(18-24)38(4)14-7-6-13-37(2,3)32-22-47(45-43-32)21-28-27-12-16-40-30(27)20-29(39)33(28)50-26-11-15-41-31(19-26)34-42-36(38)44-46(34)5/h8-12,15-16,18-20,22-23,40H,6-7,13-14,17,21H2,1-5H3,(H,48,49)/t23-,38+/m0/s1. The Kier molecular flexibility index (Phi) is 8.83. The number of rotatable bonds is 4. The molecule has 7 rings (SSSR count). The molecule has 1 aliphatic heterocycles. The van der Waals surface area contributed by atoms with Crippen LogP contribution in [0, 0.1) is 11.7 Å². The number of pyridine rings is 1. The average Bonchev–Trinajstić information content (AvgIpc) is 3.85. The van der Waals surface area contributed by atoms with Gasteiger partial charge in [0.1, 0.15) is 11.5 Å². The summed E-state index contributed by atoms with van der Waals surface area (Å²) < 4.78 is 19.5. The molecule has 1 aliphatic rings. The van der Waals surface area contributed by atoms with E-state index < -0.39 is 17.3 Å². The van der Waals surface area contributed by atoms with E-state index in [0.717, 1.165) is 63.9 Å². The van der Waals surface area contributed by atoms with Gasteiger partial charge in [-0.15, -0.1) is 5.10 Å². The molecule has 2 atom stereocenters. The second-order valence-corrected chi connectivity index (χ2v) is 15.4. The van der Waals surface area contributed by atoms with Gasteiger partial charge in [-0.3, -0.25) is 9.78 Å². The monoisotopic (exact) mass is 692 g/mol. The van der Waals surface area contributed by atoms with Crippen LogP contribution in [0.3, 0.4) is 0 Å². The van der Waals surface area contributed by atoms with Crippen LogP contribution in [0.2, 0.25) is 0 Å². The molecule has 2 aromatic carbocycles. The number of nitrogens with zero attached hydrogens (tertiary/aromatic N) is 7. The smallest absolute Gasteiger partial charge is 0.306 e. The van der Waals surface area contributed by atoms with Crippen LogP contribution in [0.4, 0.5) is 4.39 Å². The number of aromatic nitrogens is 8. The lowest BCUT2D eigenvalue weighted by atomic mass is 9.75. The van der Waals surface area contributed by atoms with Crippen molar-refractivity contribution in [1.29, 1.82) is 0 Å². The Morgan fingerprint density at radius 3 is 2.76 bits per heavy atom. The molecule has 0 amide bonds. The van der Waals surface area contributed by atoms with Crippen LogP contribution < -0.4 is 0 Å². The zero-order valence-corrected chi connectivity index (χ0v) is 29.8. The van der Waals surface area contributed by atoms with E-state index >= 15 is 4.39 Å². The van der Waals surface area contributed by atoms with E-state index in [9.17, 15) is 9.90 Å². The quantitative estimate of drug-likeness (QED) is 0.192. The molecule has 6 bridgehead atoms. The fraction of sp³-hybridized carbons (Fsp3) is 0.368. The van der Waals surface area contributed by atoms with Crippen LogP contribution in [0.1, 0.15) is 81.6 Å². The third-order valence-electron chi connectivity index (χ3n) is 10.1.